The fraction of sp³-hybridized carbons (Fsp3) is 0.556. The van der Waals surface area contributed by atoms with E-state index in [4.69, 9.17) is 0 Å². The number of nitrogens with zero attached hydrogens (tertiary/aromatic N) is 1. The minimum absolute atomic E-state index is 0.313. The molecule has 0 unspecified atom stereocenters. The Hall–Kier alpha value is -0.370. The van der Waals surface area contributed by atoms with Crippen LogP contribution in [-0.2, 0) is 0 Å². The van der Waals surface area contributed by atoms with Crippen LogP contribution in [0.4, 0.5) is 0 Å². The predicted molar refractivity (Wildman–Crippen MR) is 52.7 cm³/mol. The van der Waals surface area contributed by atoms with Gasteiger partial charge in [0.2, 0.25) is 0 Å². The highest BCUT2D eigenvalue weighted by molar-refractivity contribution is 7.81. The highest BCUT2D eigenvalue weighted by Crippen LogP contribution is 2.08. The van der Waals surface area contributed by atoms with Gasteiger partial charge in [-0.2, -0.15) is 12.6 Å². The lowest BCUT2D eigenvalue weighted by molar-refractivity contribution is 0.478. The molecule has 0 amide bonds. The first-order chi connectivity index (χ1) is 5.33. The van der Waals surface area contributed by atoms with Crippen molar-refractivity contribution < 1.29 is 0 Å². The summed E-state index contributed by atoms with van der Waals surface area (Å²) in [5, 5.41) is 0.313. The minimum Gasteiger partial charge on any atom is -0.355 e. The van der Waals surface area contributed by atoms with Gasteiger partial charge in [0, 0.05) is 24.2 Å². The molecule has 11 heavy (non-hydrogen) atoms. The molecule has 0 aromatic heterocycles. The zero-order chi connectivity index (χ0) is 8.10. The molecule has 0 atom stereocenters. The molecular weight excluding hydrogens is 154 g/mol. The standard InChI is InChI=1S/C9H15NS/c1-2-3-6-10-7-4-9(11)5-8-10/h4-5,7-9,11H,2-3,6H2,1H3. The summed E-state index contributed by atoms with van der Waals surface area (Å²) in [6.45, 7) is 3.34. The maximum absolute atomic E-state index is 4.29. The predicted octanol–water partition coefficient (Wildman–Crippen LogP) is 2.43. The summed E-state index contributed by atoms with van der Waals surface area (Å²) >= 11 is 4.29. The van der Waals surface area contributed by atoms with E-state index in [2.05, 4.69) is 49.0 Å². The lowest BCUT2D eigenvalue weighted by Crippen LogP contribution is -2.15. The van der Waals surface area contributed by atoms with Crippen LogP contribution in [0.15, 0.2) is 24.6 Å². The van der Waals surface area contributed by atoms with Crippen molar-refractivity contribution in [3.05, 3.63) is 24.6 Å². The van der Waals surface area contributed by atoms with Crippen LogP contribution < -0.4 is 0 Å². The summed E-state index contributed by atoms with van der Waals surface area (Å²) in [6.07, 6.45) is 10.9. The second-order valence-electron chi connectivity index (χ2n) is 2.77. The third kappa shape index (κ3) is 3.02. The van der Waals surface area contributed by atoms with E-state index < -0.39 is 0 Å². The zero-order valence-electron chi connectivity index (χ0n) is 6.90. The second-order valence-corrected chi connectivity index (χ2v) is 3.36. The molecule has 0 bridgehead atoms. The summed E-state index contributed by atoms with van der Waals surface area (Å²) in [4.78, 5) is 2.20. The molecular formula is C9H15NS. The molecule has 62 valence electrons. The van der Waals surface area contributed by atoms with Crippen LogP contribution in [0.1, 0.15) is 19.8 Å². The Morgan fingerprint density at radius 1 is 1.36 bits per heavy atom. The molecule has 0 saturated heterocycles. The highest BCUT2D eigenvalue weighted by Gasteiger charge is 2.00. The fourth-order valence-electron chi connectivity index (χ4n) is 1.00. The smallest absolute Gasteiger partial charge is 0.0411 e. The quantitative estimate of drug-likeness (QED) is 0.635. The van der Waals surface area contributed by atoms with Gasteiger partial charge in [0.15, 0.2) is 0 Å². The highest BCUT2D eigenvalue weighted by atomic mass is 32.1. The normalized spacial score (nSPS) is 17.8. The average Bonchev–Trinajstić information content (AvgIpc) is 2.04. The summed E-state index contributed by atoms with van der Waals surface area (Å²) in [7, 11) is 0. The Morgan fingerprint density at radius 2 is 2.00 bits per heavy atom. The Morgan fingerprint density at radius 3 is 2.55 bits per heavy atom. The summed E-state index contributed by atoms with van der Waals surface area (Å²) < 4.78 is 0. The zero-order valence-corrected chi connectivity index (χ0v) is 7.80. The number of unbranched alkanes of at least 4 members (excludes halogenated alkanes) is 1. The van der Waals surface area contributed by atoms with Crippen molar-refractivity contribution in [3.63, 3.8) is 0 Å². The van der Waals surface area contributed by atoms with Gasteiger partial charge < -0.3 is 4.90 Å². The third-order valence-corrected chi connectivity index (χ3v) is 2.06. The lowest BCUT2D eigenvalue weighted by atomic mass is 10.3. The van der Waals surface area contributed by atoms with E-state index in [1.807, 2.05) is 0 Å². The van der Waals surface area contributed by atoms with Crippen molar-refractivity contribution in [2.75, 3.05) is 6.54 Å². The first-order valence-electron chi connectivity index (χ1n) is 4.13. The van der Waals surface area contributed by atoms with Gasteiger partial charge in [-0.25, -0.2) is 0 Å². The first kappa shape index (κ1) is 8.72. The molecule has 0 fully saturated rings. The molecule has 0 spiro atoms. The molecule has 1 nitrogen and oxygen atoms in total. The summed E-state index contributed by atoms with van der Waals surface area (Å²) in [5.74, 6) is 0. The summed E-state index contributed by atoms with van der Waals surface area (Å²) in [6, 6.07) is 0. The molecule has 0 aromatic carbocycles. The van der Waals surface area contributed by atoms with Gasteiger partial charge in [-0.3, -0.25) is 0 Å². The minimum atomic E-state index is 0.313. The van der Waals surface area contributed by atoms with E-state index in [1.165, 1.54) is 12.8 Å². The van der Waals surface area contributed by atoms with Crippen LogP contribution in [0.3, 0.4) is 0 Å². The number of hydrogen-bond acceptors (Lipinski definition) is 2. The van der Waals surface area contributed by atoms with Gasteiger partial charge >= 0.3 is 0 Å². The molecule has 0 aliphatic carbocycles. The molecule has 1 heterocycles. The fourth-order valence-corrected chi connectivity index (χ4v) is 1.16. The monoisotopic (exact) mass is 169 g/mol. The molecule has 1 aliphatic rings. The Balaban J connectivity index is 2.27. The molecule has 0 radical (unpaired) electrons. The van der Waals surface area contributed by atoms with Gasteiger partial charge in [0.25, 0.3) is 0 Å². The molecule has 0 N–H and O–H groups in total. The van der Waals surface area contributed by atoms with Crippen LogP contribution in [-0.4, -0.2) is 16.7 Å². The van der Waals surface area contributed by atoms with E-state index >= 15 is 0 Å². The van der Waals surface area contributed by atoms with Crippen LogP contribution >= 0.6 is 12.6 Å². The number of hydrogen-bond donors (Lipinski definition) is 1. The van der Waals surface area contributed by atoms with E-state index in [9.17, 15) is 0 Å². The Labute approximate surface area is 74.2 Å². The third-order valence-electron chi connectivity index (χ3n) is 1.72. The van der Waals surface area contributed by atoms with Crippen LogP contribution in [0.2, 0.25) is 0 Å². The van der Waals surface area contributed by atoms with E-state index in [1.54, 1.807) is 0 Å². The van der Waals surface area contributed by atoms with Crippen molar-refractivity contribution in [2.45, 2.75) is 25.0 Å². The van der Waals surface area contributed by atoms with Crippen LogP contribution in [0.25, 0.3) is 0 Å². The maximum atomic E-state index is 4.29. The Kier molecular flexibility index (Phi) is 3.57. The Bertz CT molecular complexity index is 149. The first-order valence-corrected chi connectivity index (χ1v) is 4.65. The molecule has 1 rings (SSSR count). The lowest BCUT2D eigenvalue weighted by Gasteiger charge is -2.19. The molecule has 0 saturated carbocycles. The largest absolute Gasteiger partial charge is 0.355 e. The number of thiol groups is 1. The van der Waals surface area contributed by atoms with Crippen molar-refractivity contribution in [1.82, 2.24) is 4.90 Å². The topological polar surface area (TPSA) is 3.24 Å². The molecule has 0 aromatic rings. The second kappa shape index (κ2) is 4.50. The van der Waals surface area contributed by atoms with Crippen LogP contribution in [0, 0.1) is 0 Å². The van der Waals surface area contributed by atoms with Gasteiger partial charge in [-0.05, 0) is 6.42 Å². The number of rotatable bonds is 3. The van der Waals surface area contributed by atoms with Gasteiger partial charge in [-0.15, -0.1) is 0 Å². The van der Waals surface area contributed by atoms with E-state index in [-0.39, 0.29) is 0 Å². The van der Waals surface area contributed by atoms with Gasteiger partial charge in [0.05, 0.1) is 0 Å². The van der Waals surface area contributed by atoms with E-state index in [0.29, 0.717) is 5.25 Å². The van der Waals surface area contributed by atoms with Crippen molar-refractivity contribution >= 4 is 12.6 Å². The average molecular weight is 169 g/mol. The maximum Gasteiger partial charge on any atom is 0.0411 e. The molecule has 1 aliphatic heterocycles. The van der Waals surface area contributed by atoms with Crippen molar-refractivity contribution in [3.8, 4) is 0 Å². The van der Waals surface area contributed by atoms with Crippen molar-refractivity contribution in [1.29, 1.82) is 0 Å². The van der Waals surface area contributed by atoms with E-state index in [0.717, 1.165) is 6.54 Å². The van der Waals surface area contributed by atoms with Crippen molar-refractivity contribution in [2.24, 2.45) is 0 Å². The van der Waals surface area contributed by atoms with Gasteiger partial charge in [0.1, 0.15) is 0 Å². The molecule has 2 heteroatoms. The summed E-state index contributed by atoms with van der Waals surface area (Å²) in [5.41, 5.74) is 0. The van der Waals surface area contributed by atoms with Crippen LogP contribution in [0.5, 0.6) is 0 Å². The van der Waals surface area contributed by atoms with Gasteiger partial charge in [-0.1, -0.05) is 25.5 Å². The SMILES string of the molecule is CCCCN1C=CC(S)C=C1.